The second-order valence-electron chi connectivity index (χ2n) is 3.16. The average Bonchev–Trinajstić information content (AvgIpc) is 2.18. The fourth-order valence-corrected chi connectivity index (χ4v) is 1.79. The second-order valence-corrected chi connectivity index (χ2v) is 5.16. The second kappa shape index (κ2) is 5.76. The molecule has 0 unspecified atom stereocenters. The molecule has 76 valence electrons. The zero-order valence-corrected chi connectivity index (χ0v) is 9.80. The Morgan fingerprint density at radius 3 is 2.43 bits per heavy atom. The zero-order valence-electron chi connectivity index (χ0n) is 8.99. The van der Waals surface area contributed by atoms with Gasteiger partial charge in [-0.2, -0.15) is 0 Å². The molecule has 0 aliphatic rings. The van der Waals surface area contributed by atoms with E-state index in [0.29, 0.717) is 0 Å². The van der Waals surface area contributed by atoms with Gasteiger partial charge in [0.2, 0.25) is 0 Å². The fraction of sp³-hybridized carbons (Fsp3) is 0.333. The first-order chi connectivity index (χ1) is 6.74. The van der Waals surface area contributed by atoms with Crippen LogP contribution in [-0.4, -0.2) is 19.1 Å². The number of hydrogen-bond acceptors (Lipinski definition) is 1. The molecular formula is C12H17OS+. The van der Waals surface area contributed by atoms with Crippen LogP contribution in [0.3, 0.4) is 0 Å². The topological polar surface area (TPSA) is 9.23 Å². The van der Waals surface area contributed by atoms with Gasteiger partial charge in [-0.15, -0.1) is 0 Å². The lowest BCUT2D eigenvalue weighted by Gasteiger charge is -2.06. The highest BCUT2D eigenvalue weighted by Gasteiger charge is 2.07. The molecule has 0 aliphatic heterocycles. The molecule has 1 aromatic rings. The van der Waals surface area contributed by atoms with Gasteiger partial charge in [-0.3, -0.25) is 0 Å². The van der Waals surface area contributed by atoms with E-state index in [-0.39, 0.29) is 10.9 Å². The van der Waals surface area contributed by atoms with E-state index in [9.17, 15) is 0 Å². The van der Waals surface area contributed by atoms with E-state index in [1.807, 2.05) is 25.1 Å². The maximum absolute atomic E-state index is 5.61. The van der Waals surface area contributed by atoms with E-state index in [1.54, 1.807) is 0 Å². The molecule has 1 aromatic carbocycles. The number of benzene rings is 1. The van der Waals surface area contributed by atoms with E-state index < -0.39 is 0 Å². The summed E-state index contributed by atoms with van der Waals surface area (Å²) < 4.78 is 5.61. The molecule has 0 amide bonds. The summed E-state index contributed by atoms with van der Waals surface area (Å²) in [5.74, 6) is 1.00. The lowest BCUT2D eigenvalue weighted by Crippen LogP contribution is -1.96. The van der Waals surface area contributed by atoms with Gasteiger partial charge >= 0.3 is 0 Å². The largest absolute Gasteiger partial charge is 0.489 e. The van der Waals surface area contributed by atoms with Crippen molar-refractivity contribution in [2.45, 2.75) is 6.92 Å². The minimum absolute atomic E-state index is 0.265. The first-order valence-corrected chi connectivity index (χ1v) is 6.81. The van der Waals surface area contributed by atoms with Crippen LogP contribution in [0.25, 0.3) is 5.76 Å². The Labute approximate surface area is 89.1 Å². The first-order valence-electron chi connectivity index (χ1n) is 4.70. The molecule has 0 aromatic heterocycles. The summed E-state index contributed by atoms with van der Waals surface area (Å²) in [6, 6.07) is 10.2. The van der Waals surface area contributed by atoms with Crippen molar-refractivity contribution in [3.8, 4) is 0 Å². The van der Waals surface area contributed by atoms with E-state index in [1.165, 1.54) is 0 Å². The predicted octanol–water partition coefficient (Wildman–Crippen LogP) is 2.90. The first kappa shape index (κ1) is 11.2. The molecule has 0 radical (unpaired) electrons. The number of rotatable bonds is 4. The molecule has 0 spiro atoms. The van der Waals surface area contributed by atoms with Crippen LogP contribution in [0.4, 0.5) is 0 Å². The number of ether oxygens (including phenoxy) is 1. The summed E-state index contributed by atoms with van der Waals surface area (Å²) in [4.78, 5) is 0. The van der Waals surface area contributed by atoms with Crippen LogP contribution in [0.5, 0.6) is 0 Å². The zero-order chi connectivity index (χ0) is 10.4. The van der Waals surface area contributed by atoms with E-state index in [2.05, 4.69) is 30.1 Å². The maximum Gasteiger partial charge on any atom is 0.173 e. The molecule has 2 heteroatoms. The molecule has 0 saturated heterocycles. The van der Waals surface area contributed by atoms with Gasteiger partial charge < -0.3 is 4.74 Å². The predicted molar refractivity (Wildman–Crippen MR) is 65.3 cm³/mol. The third kappa shape index (κ3) is 3.46. The highest BCUT2D eigenvalue weighted by Crippen LogP contribution is 2.16. The van der Waals surface area contributed by atoms with E-state index >= 15 is 0 Å². The SMILES string of the molecule is CCOC(=C[S+](C)C)c1ccccc1. The minimum atomic E-state index is 0.265. The monoisotopic (exact) mass is 209 g/mol. The Morgan fingerprint density at radius 1 is 1.29 bits per heavy atom. The quantitative estimate of drug-likeness (QED) is 0.547. The highest BCUT2D eigenvalue weighted by molar-refractivity contribution is 7.98. The van der Waals surface area contributed by atoms with Crippen molar-refractivity contribution in [3.63, 3.8) is 0 Å². The molecule has 0 heterocycles. The Morgan fingerprint density at radius 2 is 1.93 bits per heavy atom. The van der Waals surface area contributed by atoms with Gasteiger partial charge in [0.25, 0.3) is 0 Å². The van der Waals surface area contributed by atoms with Crippen molar-refractivity contribution in [2.75, 3.05) is 19.1 Å². The maximum atomic E-state index is 5.61. The van der Waals surface area contributed by atoms with Gasteiger partial charge in [-0.05, 0) is 6.92 Å². The molecule has 0 N–H and O–H groups in total. The van der Waals surface area contributed by atoms with Crippen LogP contribution in [0.15, 0.2) is 35.7 Å². The van der Waals surface area contributed by atoms with Gasteiger partial charge in [0.1, 0.15) is 12.5 Å². The lowest BCUT2D eigenvalue weighted by atomic mass is 10.2. The van der Waals surface area contributed by atoms with Crippen molar-refractivity contribution < 1.29 is 4.74 Å². The highest BCUT2D eigenvalue weighted by atomic mass is 32.2. The standard InChI is InChI=1S/C12H17OS/c1-4-13-12(10-14(2)3)11-8-6-5-7-9-11/h5-10H,4H2,1-3H3/q+1. The third-order valence-corrected chi connectivity index (χ3v) is 2.39. The summed E-state index contributed by atoms with van der Waals surface area (Å²) in [5, 5.41) is 2.18. The van der Waals surface area contributed by atoms with Crippen molar-refractivity contribution in [1.29, 1.82) is 0 Å². The summed E-state index contributed by atoms with van der Waals surface area (Å²) in [5.41, 5.74) is 1.16. The summed E-state index contributed by atoms with van der Waals surface area (Å²) >= 11 is 0. The fourth-order valence-electron chi connectivity index (χ4n) is 1.16. The summed E-state index contributed by atoms with van der Waals surface area (Å²) in [6.07, 6.45) is 4.36. The van der Waals surface area contributed by atoms with Gasteiger partial charge in [-0.25, -0.2) is 0 Å². The number of hydrogen-bond donors (Lipinski definition) is 0. The molecule has 0 fully saturated rings. The molecule has 0 bridgehead atoms. The van der Waals surface area contributed by atoms with Crippen molar-refractivity contribution in [3.05, 3.63) is 41.3 Å². The van der Waals surface area contributed by atoms with Crippen molar-refractivity contribution in [2.24, 2.45) is 0 Å². The Balaban J connectivity index is 2.89. The normalized spacial score (nSPS) is 11.9. The van der Waals surface area contributed by atoms with Crippen molar-refractivity contribution >= 4 is 16.7 Å². The molecule has 0 aliphatic carbocycles. The van der Waals surface area contributed by atoms with Crippen LogP contribution in [0.1, 0.15) is 12.5 Å². The van der Waals surface area contributed by atoms with Crippen LogP contribution >= 0.6 is 0 Å². The Hall–Kier alpha value is -0.890. The molecular weight excluding hydrogens is 192 g/mol. The minimum Gasteiger partial charge on any atom is -0.489 e. The van der Waals surface area contributed by atoms with Crippen LogP contribution in [0, 0.1) is 0 Å². The third-order valence-electron chi connectivity index (χ3n) is 1.70. The average molecular weight is 209 g/mol. The van der Waals surface area contributed by atoms with Gasteiger partial charge in [-0.1, -0.05) is 30.3 Å². The van der Waals surface area contributed by atoms with Gasteiger partial charge in [0.15, 0.2) is 11.2 Å². The van der Waals surface area contributed by atoms with Crippen molar-refractivity contribution in [1.82, 2.24) is 0 Å². The summed E-state index contributed by atoms with van der Waals surface area (Å²) in [6.45, 7) is 2.73. The summed E-state index contributed by atoms with van der Waals surface area (Å²) in [7, 11) is 0.265. The van der Waals surface area contributed by atoms with E-state index in [0.717, 1.165) is 17.9 Å². The van der Waals surface area contributed by atoms with Crippen LogP contribution in [-0.2, 0) is 15.6 Å². The molecule has 0 saturated carbocycles. The van der Waals surface area contributed by atoms with Crippen LogP contribution < -0.4 is 0 Å². The molecule has 1 nitrogen and oxygen atoms in total. The van der Waals surface area contributed by atoms with E-state index in [4.69, 9.17) is 4.74 Å². The van der Waals surface area contributed by atoms with Gasteiger partial charge in [0, 0.05) is 16.5 Å². The Bertz CT molecular complexity index is 290. The van der Waals surface area contributed by atoms with Crippen LogP contribution in [0.2, 0.25) is 0 Å². The molecule has 1 rings (SSSR count). The molecule has 0 atom stereocenters. The van der Waals surface area contributed by atoms with Gasteiger partial charge in [0.05, 0.1) is 6.61 Å². The lowest BCUT2D eigenvalue weighted by molar-refractivity contribution is 0.298. The Kier molecular flexibility index (Phi) is 4.60. The smallest absolute Gasteiger partial charge is 0.173 e. The molecule has 14 heavy (non-hydrogen) atoms.